The fraction of sp³-hybridized carbons (Fsp3) is 0.167. The Morgan fingerprint density at radius 1 is 1.60 bits per heavy atom. The van der Waals surface area contributed by atoms with Crippen molar-refractivity contribution < 1.29 is 4.79 Å². The first kappa shape index (κ1) is 8.01. The highest BCUT2D eigenvalue weighted by molar-refractivity contribution is 9.25. The molecule has 0 atom stereocenters. The summed E-state index contributed by atoms with van der Waals surface area (Å²) in [4.78, 5) is 13.9. The zero-order valence-electron chi connectivity index (χ0n) is 4.97. The second-order valence-corrected chi connectivity index (χ2v) is 4.81. The molecule has 1 aromatic rings. The Hall–Kier alpha value is -0.0900. The van der Waals surface area contributed by atoms with Crippen LogP contribution in [0.5, 0.6) is 0 Å². The highest BCUT2D eigenvalue weighted by Crippen LogP contribution is 2.13. The van der Waals surface area contributed by atoms with Crippen LogP contribution in [-0.2, 0) is 0 Å². The Balaban J connectivity index is 2.78. The number of halogens is 2. The molecular weight excluding hydrogens is 262 g/mol. The van der Waals surface area contributed by atoms with Gasteiger partial charge in [-0.1, -0.05) is 31.9 Å². The van der Waals surface area contributed by atoms with Crippen LogP contribution in [-0.4, -0.2) is 14.5 Å². The number of aromatic amines is 1. The second kappa shape index (κ2) is 3.34. The Morgan fingerprint density at radius 2 is 2.30 bits per heavy atom. The molecule has 0 radical (unpaired) electrons. The molecule has 0 unspecified atom stereocenters. The van der Waals surface area contributed by atoms with Gasteiger partial charge in [0.05, 0.1) is 5.69 Å². The standard InChI is InChI=1S/C6H5Br2NO/c7-6(8)5(10)4-2-1-3-9-4/h1-3,6,9H. The molecule has 1 aromatic heterocycles. The summed E-state index contributed by atoms with van der Waals surface area (Å²) in [5.41, 5.74) is 0.610. The number of carbonyl (C=O) groups is 1. The van der Waals surface area contributed by atoms with Gasteiger partial charge in [0.25, 0.3) is 0 Å². The minimum atomic E-state index is -0.293. The third-order valence-electron chi connectivity index (χ3n) is 1.06. The quantitative estimate of drug-likeness (QED) is 0.647. The Kier molecular flexibility index (Phi) is 2.68. The first-order chi connectivity index (χ1) is 4.72. The van der Waals surface area contributed by atoms with Crippen molar-refractivity contribution >= 4 is 37.6 Å². The number of rotatable bonds is 2. The van der Waals surface area contributed by atoms with Crippen molar-refractivity contribution in [2.45, 2.75) is 3.74 Å². The summed E-state index contributed by atoms with van der Waals surface area (Å²) in [5.74, 6) is 0.00463. The van der Waals surface area contributed by atoms with Crippen molar-refractivity contribution in [3.8, 4) is 0 Å². The highest BCUT2D eigenvalue weighted by Gasteiger charge is 2.12. The van der Waals surface area contributed by atoms with Crippen LogP contribution in [0.25, 0.3) is 0 Å². The number of carbonyl (C=O) groups excluding carboxylic acids is 1. The van der Waals surface area contributed by atoms with Crippen molar-refractivity contribution in [3.63, 3.8) is 0 Å². The molecular formula is C6H5Br2NO. The highest BCUT2D eigenvalue weighted by atomic mass is 79.9. The van der Waals surface area contributed by atoms with E-state index in [1.54, 1.807) is 18.3 Å². The van der Waals surface area contributed by atoms with Crippen LogP contribution in [0.2, 0.25) is 0 Å². The Bertz CT molecular complexity index is 218. The maximum atomic E-state index is 11.1. The van der Waals surface area contributed by atoms with Gasteiger partial charge in [-0.05, 0) is 12.1 Å². The summed E-state index contributed by atoms with van der Waals surface area (Å²) in [6.45, 7) is 0. The molecule has 0 saturated heterocycles. The molecule has 10 heavy (non-hydrogen) atoms. The minimum Gasteiger partial charge on any atom is -0.359 e. The summed E-state index contributed by atoms with van der Waals surface area (Å²) in [7, 11) is 0. The zero-order chi connectivity index (χ0) is 7.56. The molecule has 54 valence electrons. The van der Waals surface area contributed by atoms with E-state index in [9.17, 15) is 4.79 Å². The average Bonchev–Trinajstić information content (AvgIpc) is 2.36. The molecule has 0 spiro atoms. The van der Waals surface area contributed by atoms with E-state index < -0.39 is 0 Å². The lowest BCUT2D eigenvalue weighted by atomic mass is 10.3. The summed E-state index contributed by atoms with van der Waals surface area (Å²) >= 11 is 6.22. The third-order valence-corrected chi connectivity index (χ3v) is 1.89. The van der Waals surface area contributed by atoms with Gasteiger partial charge in [-0.3, -0.25) is 4.79 Å². The lowest BCUT2D eigenvalue weighted by Crippen LogP contribution is -2.06. The number of hydrogen-bond acceptors (Lipinski definition) is 1. The molecule has 0 fully saturated rings. The zero-order valence-corrected chi connectivity index (χ0v) is 8.15. The summed E-state index contributed by atoms with van der Waals surface area (Å²) in [6.07, 6.45) is 1.72. The van der Waals surface area contributed by atoms with E-state index in [0.29, 0.717) is 5.69 Å². The maximum absolute atomic E-state index is 11.1. The molecule has 0 aromatic carbocycles. The lowest BCUT2D eigenvalue weighted by molar-refractivity contribution is 0.101. The van der Waals surface area contributed by atoms with E-state index >= 15 is 0 Å². The van der Waals surface area contributed by atoms with Crippen molar-refractivity contribution in [2.24, 2.45) is 0 Å². The molecule has 0 bridgehead atoms. The van der Waals surface area contributed by atoms with Gasteiger partial charge in [0.15, 0.2) is 0 Å². The number of aromatic nitrogens is 1. The summed E-state index contributed by atoms with van der Waals surface area (Å²) in [6, 6.07) is 3.52. The summed E-state index contributed by atoms with van der Waals surface area (Å²) in [5, 5.41) is 0. The summed E-state index contributed by atoms with van der Waals surface area (Å²) < 4.78 is -0.293. The first-order valence-corrected chi connectivity index (χ1v) is 4.50. The number of alkyl halides is 2. The van der Waals surface area contributed by atoms with Gasteiger partial charge < -0.3 is 4.98 Å². The SMILES string of the molecule is O=C(c1ccc[nH]1)C(Br)Br. The molecule has 2 nitrogen and oxygen atoms in total. The molecule has 1 rings (SSSR count). The number of nitrogens with one attached hydrogen (secondary N) is 1. The van der Waals surface area contributed by atoms with E-state index in [1.807, 2.05) is 0 Å². The van der Waals surface area contributed by atoms with Crippen LogP contribution >= 0.6 is 31.9 Å². The van der Waals surface area contributed by atoms with Crippen LogP contribution in [0.4, 0.5) is 0 Å². The van der Waals surface area contributed by atoms with E-state index in [-0.39, 0.29) is 9.52 Å². The van der Waals surface area contributed by atoms with E-state index in [2.05, 4.69) is 36.8 Å². The predicted octanol–water partition coefficient (Wildman–Crippen LogP) is 2.31. The van der Waals surface area contributed by atoms with Gasteiger partial charge in [0.1, 0.15) is 3.74 Å². The normalized spacial score (nSPS) is 10.3. The van der Waals surface area contributed by atoms with Crippen LogP contribution in [0.3, 0.4) is 0 Å². The fourth-order valence-corrected chi connectivity index (χ4v) is 1.09. The molecule has 0 saturated carbocycles. The van der Waals surface area contributed by atoms with Gasteiger partial charge in [-0.2, -0.15) is 0 Å². The van der Waals surface area contributed by atoms with E-state index in [1.165, 1.54) is 0 Å². The van der Waals surface area contributed by atoms with Crippen molar-refractivity contribution in [1.82, 2.24) is 4.98 Å². The first-order valence-electron chi connectivity index (χ1n) is 2.67. The van der Waals surface area contributed by atoms with E-state index in [4.69, 9.17) is 0 Å². The maximum Gasteiger partial charge on any atom is 0.203 e. The third kappa shape index (κ3) is 1.70. The predicted molar refractivity (Wildman–Crippen MR) is 46.8 cm³/mol. The number of H-pyrrole nitrogens is 1. The number of ketones is 1. The van der Waals surface area contributed by atoms with Crippen LogP contribution < -0.4 is 0 Å². The van der Waals surface area contributed by atoms with E-state index in [0.717, 1.165) is 0 Å². The molecule has 0 aliphatic rings. The molecule has 0 amide bonds. The average molecular weight is 267 g/mol. The van der Waals surface area contributed by atoms with Crippen molar-refractivity contribution in [1.29, 1.82) is 0 Å². The molecule has 1 N–H and O–H groups in total. The largest absolute Gasteiger partial charge is 0.359 e. The molecule has 0 aliphatic heterocycles. The smallest absolute Gasteiger partial charge is 0.203 e. The fourth-order valence-electron chi connectivity index (χ4n) is 0.601. The lowest BCUT2D eigenvalue weighted by Gasteiger charge is -1.95. The van der Waals surface area contributed by atoms with Gasteiger partial charge >= 0.3 is 0 Å². The number of Topliss-reactive ketones (excluding diaryl/α,β-unsaturated/α-hetero) is 1. The Labute approximate surface area is 75.3 Å². The van der Waals surface area contributed by atoms with Crippen molar-refractivity contribution in [3.05, 3.63) is 24.0 Å². The molecule has 4 heteroatoms. The van der Waals surface area contributed by atoms with Gasteiger partial charge in [-0.15, -0.1) is 0 Å². The van der Waals surface area contributed by atoms with Gasteiger partial charge in [0, 0.05) is 6.20 Å². The van der Waals surface area contributed by atoms with Gasteiger partial charge in [0.2, 0.25) is 5.78 Å². The Morgan fingerprint density at radius 3 is 2.70 bits per heavy atom. The van der Waals surface area contributed by atoms with Crippen LogP contribution in [0.1, 0.15) is 10.5 Å². The minimum absolute atomic E-state index is 0.00463. The number of hydrogen-bond donors (Lipinski definition) is 1. The monoisotopic (exact) mass is 265 g/mol. The second-order valence-electron chi connectivity index (χ2n) is 1.75. The van der Waals surface area contributed by atoms with Crippen LogP contribution in [0, 0.1) is 0 Å². The van der Waals surface area contributed by atoms with Crippen molar-refractivity contribution in [2.75, 3.05) is 0 Å². The molecule has 0 aliphatic carbocycles. The van der Waals surface area contributed by atoms with Gasteiger partial charge in [-0.25, -0.2) is 0 Å². The topological polar surface area (TPSA) is 32.9 Å². The molecule has 1 heterocycles. The van der Waals surface area contributed by atoms with Crippen LogP contribution in [0.15, 0.2) is 18.3 Å².